The molecular formula is C76H47N5OS. The molecule has 10 aromatic carbocycles. The average molecular weight is 1080 g/mol. The van der Waals surface area contributed by atoms with Crippen molar-refractivity contribution in [2.24, 2.45) is 0 Å². The van der Waals surface area contributed by atoms with Crippen LogP contribution in [0.25, 0.3) is 154 Å². The van der Waals surface area contributed by atoms with Crippen molar-refractivity contribution in [3.63, 3.8) is 0 Å². The molecule has 0 atom stereocenters. The summed E-state index contributed by atoms with van der Waals surface area (Å²) in [6, 6.07) is 80.4. The van der Waals surface area contributed by atoms with Crippen molar-refractivity contribution in [2.75, 3.05) is 0 Å². The van der Waals surface area contributed by atoms with Gasteiger partial charge in [-0.15, -0.1) is 11.3 Å². The number of hydrogen-bond acceptors (Lipinski definition) is 5. The Bertz CT molecular complexity index is 5370. The maximum Gasteiger partial charge on any atom is 0.166 e. The topological polar surface area (TPSA) is 61.7 Å². The van der Waals surface area contributed by atoms with Gasteiger partial charge >= 0.3 is 0 Å². The molecule has 388 valence electrons. The van der Waals surface area contributed by atoms with Crippen molar-refractivity contribution >= 4 is 104 Å². The molecule has 0 spiro atoms. The summed E-state index contributed by atoms with van der Waals surface area (Å²) >= 11 is 1.81. The van der Waals surface area contributed by atoms with Gasteiger partial charge in [0.25, 0.3) is 0 Å². The summed E-state index contributed by atoms with van der Waals surface area (Å²) in [5.41, 5.74) is 19.0. The van der Waals surface area contributed by atoms with Gasteiger partial charge in [-0.2, -0.15) is 0 Å². The minimum Gasteiger partial charge on any atom is -0.456 e. The smallest absolute Gasteiger partial charge is 0.166 e. The van der Waals surface area contributed by atoms with Gasteiger partial charge in [0, 0.05) is 91.9 Å². The highest BCUT2D eigenvalue weighted by molar-refractivity contribution is 7.25. The summed E-state index contributed by atoms with van der Waals surface area (Å²) in [6.07, 6.45) is 11.2. The summed E-state index contributed by atoms with van der Waals surface area (Å²) in [5.74, 6) is 8.62. The van der Waals surface area contributed by atoms with E-state index in [2.05, 4.69) is 252 Å². The first kappa shape index (κ1) is 47.2. The molecule has 2 aliphatic rings. The lowest BCUT2D eigenvalue weighted by molar-refractivity contribution is 0.669. The molecule has 0 unspecified atom stereocenters. The average Bonchev–Trinajstić information content (AvgIpc) is 4.47. The van der Waals surface area contributed by atoms with Gasteiger partial charge in [0.05, 0.1) is 28.7 Å². The van der Waals surface area contributed by atoms with Gasteiger partial charge in [-0.3, -0.25) is 0 Å². The van der Waals surface area contributed by atoms with Gasteiger partial charge in [-0.25, -0.2) is 15.0 Å². The van der Waals surface area contributed by atoms with Crippen LogP contribution >= 0.6 is 11.3 Å². The zero-order valence-corrected chi connectivity index (χ0v) is 45.7. The summed E-state index contributed by atoms with van der Waals surface area (Å²) < 4.78 is 13.9. The van der Waals surface area contributed by atoms with Crippen molar-refractivity contribution < 1.29 is 4.42 Å². The number of furan rings is 1. The number of nitrogens with zero attached hydrogens (tertiary/aromatic N) is 5. The van der Waals surface area contributed by atoms with E-state index in [0.717, 1.165) is 118 Å². The van der Waals surface area contributed by atoms with Crippen LogP contribution in [0.15, 0.2) is 247 Å². The number of fused-ring (bicyclic) bond motifs is 12. The molecule has 5 aromatic heterocycles. The molecule has 0 fully saturated rings. The second-order valence-corrected chi connectivity index (χ2v) is 22.5. The van der Waals surface area contributed by atoms with Gasteiger partial charge in [-0.05, 0) is 108 Å². The highest BCUT2D eigenvalue weighted by Crippen LogP contribution is 2.47. The molecule has 15 aromatic rings. The van der Waals surface area contributed by atoms with Gasteiger partial charge in [0.15, 0.2) is 17.5 Å². The van der Waals surface area contributed by atoms with E-state index in [9.17, 15) is 0 Å². The maximum absolute atomic E-state index is 6.35. The van der Waals surface area contributed by atoms with Gasteiger partial charge in [-0.1, -0.05) is 188 Å². The molecule has 0 aliphatic heterocycles. The fourth-order valence-corrected chi connectivity index (χ4v) is 14.3. The monoisotopic (exact) mass is 1080 g/mol. The minimum atomic E-state index is 0.572. The molecule has 0 radical (unpaired) electrons. The third kappa shape index (κ3) is 7.54. The Morgan fingerprint density at radius 1 is 0.446 bits per heavy atom. The first-order valence-electron chi connectivity index (χ1n) is 28.3. The molecule has 6 nitrogen and oxygen atoms in total. The first-order valence-corrected chi connectivity index (χ1v) is 29.1. The molecule has 0 bridgehead atoms. The molecule has 0 saturated carbocycles. The zero-order valence-electron chi connectivity index (χ0n) is 44.8. The summed E-state index contributed by atoms with van der Waals surface area (Å²) in [6.45, 7) is 0. The number of para-hydroxylation sites is 4. The quantitative estimate of drug-likeness (QED) is 0.142. The van der Waals surface area contributed by atoms with E-state index in [1.54, 1.807) is 0 Å². The lowest BCUT2D eigenvalue weighted by Crippen LogP contribution is -2.08. The molecule has 0 saturated heterocycles. The van der Waals surface area contributed by atoms with Crippen LogP contribution in [-0.4, -0.2) is 24.1 Å². The second-order valence-electron chi connectivity index (χ2n) is 21.4. The zero-order chi connectivity index (χ0) is 54.5. The summed E-state index contributed by atoms with van der Waals surface area (Å²) in [4.78, 5) is 17.0. The SMILES string of the molecule is C1#CCC(n2c3ccccc3c3cccc(-n4c5c(c6cccc(-c7nc(-c8ccc9sc%10ccccc%10c9c8)nc(-c8cccc(-c9ccc%10oc%11ccccc%11c%10c9)c8-c8ccccc8)n7)c64)C=CCC5)c32)=C(c2ccccc2)C=C1. The van der Waals surface area contributed by atoms with Gasteiger partial charge in [0.2, 0.25) is 0 Å². The van der Waals surface area contributed by atoms with E-state index in [0.29, 0.717) is 23.9 Å². The molecule has 5 heterocycles. The molecule has 0 N–H and O–H groups in total. The standard InChI is InChI=1S/C76H47N5OS/c1-4-21-47(22-5-1)51-25-8-3-9-35-63(51)80-64-36-14-11-27-54(64)58-32-20-38-66(73(58)80)81-65-37-15-10-26-53(65)57-31-19-34-60(72(57)81)76-78-74(50-42-44-70-62(46-50)56-29-13-17-40-69(56)83-70)77-75(79-76)59-33-18-30-52(71(59)48-23-6-2-7-24-48)49-41-43-68-61(45-49)55-28-12-16-39-67(55)82-68/h1-2,4-8,10-14,16-34,36,38-46H,15,35,37H2. The van der Waals surface area contributed by atoms with Crippen molar-refractivity contribution in [1.29, 1.82) is 0 Å². The summed E-state index contributed by atoms with van der Waals surface area (Å²) in [5, 5.41) is 8.06. The van der Waals surface area contributed by atoms with Crippen LogP contribution < -0.4 is 0 Å². The first-order chi connectivity index (χ1) is 41.2. The van der Waals surface area contributed by atoms with E-state index in [1.165, 1.54) is 42.2 Å². The van der Waals surface area contributed by atoms with E-state index in [4.69, 9.17) is 19.4 Å². The minimum absolute atomic E-state index is 0.572. The highest BCUT2D eigenvalue weighted by Gasteiger charge is 2.28. The van der Waals surface area contributed by atoms with Crippen LogP contribution in [0.4, 0.5) is 0 Å². The second kappa shape index (κ2) is 19.0. The molecule has 2 aliphatic carbocycles. The fourth-order valence-electron chi connectivity index (χ4n) is 13.2. The van der Waals surface area contributed by atoms with Crippen LogP contribution in [0.2, 0.25) is 0 Å². The molecular weight excluding hydrogens is 1030 g/mol. The molecule has 0 amide bonds. The van der Waals surface area contributed by atoms with E-state index >= 15 is 0 Å². The van der Waals surface area contributed by atoms with Crippen LogP contribution in [0.3, 0.4) is 0 Å². The fraction of sp³-hybridized carbons (Fsp3) is 0.0395. The van der Waals surface area contributed by atoms with Crippen molar-refractivity contribution in [2.45, 2.75) is 19.3 Å². The number of aromatic nitrogens is 5. The Kier molecular flexibility index (Phi) is 10.8. The largest absolute Gasteiger partial charge is 0.456 e. The van der Waals surface area contributed by atoms with Crippen molar-refractivity contribution in [1.82, 2.24) is 24.1 Å². The Hall–Kier alpha value is -10.7. The molecule has 17 rings (SSSR count). The van der Waals surface area contributed by atoms with Gasteiger partial charge in [0.1, 0.15) is 11.2 Å². The van der Waals surface area contributed by atoms with E-state index < -0.39 is 0 Å². The Labute approximate surface area is 481 Å². The number of hydrogen-bond donors (Lipinski definition) is 0. The lowest BCUT2D eigenvalue weighted by atomic mass is 9.89. The number of benzene rings is 10. The predicted octanol–water partition coefficient (Wildman–Crippen LogP) is 19.8. The Morgan fingerprint density at radius 3 is 2.00 bits per heavy atom. The summed E-state index contributed by atoms with van der Waals surface area (Å²) in [7, 11) is 0. The van der Waals surface area contributed by atoms with Crippen LogP contribution in [-0.2, 0) is 6.42 Å². The van der Waals surface area contributed by atoms with Crippen molar-refractivity contribution in [3.05, 3.63) is 260 Å². The Balaban J connectivity index is 0.955. The number of rotatable bonds is 8. The van der Waals surface area contributed by atoms with Crippen LogP contribution in [0.1, 0.15) is 29.7 Å². The maximum atomic E-state index is 6.35. The van der Waals surface area contributed by atoms with Crippen molar-refractivity contribution in [3.8, 4) is 73.9 Å². The lowest BCUT2D eigenvalue weighted by Gasteiger charge is -2.20. The molecule has 7 heteroatoms. The third-order valence-corrected chi connectivity index (χ3v) is 18.0. The Morgan fingerprint density at radius 2 is 1.11 bits per heavy atom. The normalized spacial score (nSPS) is 13.3. The number of allylic oxidation sites excluding steroid dienone is 5. The predicted molar refractivity (Wildman–Crippen MR) is 345 cm³/mol. The van der Waals surface area contributed by atoms with Crippen LogP contribution in [0.5, 0.6) is 0 Å². The van der Waals surface area contributed by atoms with Gasteiger partial charge < -0.3 is 13.6 Å². The third-order valence-electron chi connectivity index (χ3n) is 16.8. The van der Waals surface area contributed by atoms with Crippen LogP contribution in [0, 0.1) is 11.8 Å². The van der Waals surface area contributed by atoms with E-state index in [-0.39, 0.29) is 0 Å². The molecule has 83 heavy (non-hydrogen) atoms. The highest BCUT2D eigenvalue weighted by atomic mass is 32.1. The number of thiophene rings is 1. The van der Waals surface area contributed by atoms with E-state index in [1.807, 2.05) is 29.5 Å².